The van der Waals surface area contributed by atoms with E-state index in [0.717, 1.165) is 0 Å². The second-order valence-corrected chi connectivity index (χ2v) is 8.43. The molecule has 0 radical (unpaired) electrons. The first kappa shape index (κ1) is 28.4. The van der Waals surface area contributed by atoms with Crippen LogP contribution in [-0.4, -0.2) is 87.9 Å². The Hall–Kier alpha value is -2.67. The molecule has 11 nitrogen and oxygen atoms in total. The third kappa shape index (κ3) is 9.78. The van der Waals surface area contributed by atoms with Crippen LogP contribution in [-0.2, 0) is 25.6 Å². The molecule has 0 bridgehead atoms. The average molecular weight is 485 g/mol. The van der Waals surface area contributed by atoms with Crippen LogP contribution >= 0.6 is 11.8 Å². The van der Waals surface area contributed by atoms with Crippen LogP contribution in [0.5, 0.6) is 0 Å². The number of aliphatic carboxylic acids is 1. The second-order valence-electron chi connectivity index (χ2n) is 7.45. The lowest BCUT2D eigenvalue weighted by Crippen LogP contribution is -2.60. The third-order valence-electron chi connectivity index (χ3n) is 4.74. The number of carbonyl (C=O) groups excluding carboxylic acids is 3. The number of hydrogen-bond donors (Lipinski definition) is 7. The summed E-state index contributed by atoms with van der Waals surface area (Å²) in [7, 11) is 0. The Morgan fingerprint density at radius 2 is 1.61 bits per heavy atom. The summed E-state index contributed by atoms with van der Waals surface area (Å²) in [4.78, 5) is 49.2. The van der Waals surface area contributed by atoms with Gasteiger partial charge in [0.05, 0.1) is 12.7 Å². The molecule has 5 unspecified atom stereocenters. The zero-order chi connectivity index (χ0) is 25.0. The summed E-state index contributed by atoms with van der Waals surface area (Å²) >= 11 is 1.43. The van der Waals surface area contributed by atoms with Crippen molar-refractivity contribution in [3.05, 3.63) is 35.9 Å². The van der Waals surface area contributed by atoms with Gasteiger partial charge in [-0.25, -0.2) is 4.79 Å². The molecule has 0 aliphatic rings. The quantitative estimate of drug-likeness (QED) is 0.160. The van der Waals surface area contributed by atoms with Gasteiger partial charge in [-0.15, -0.1) is 0 Å². The van der Waals surface area contributed by atoms with Crippen LogP contribution in [0.2, 0.25) is 0 Å². The molecular weight excluding hydrogens is 452 g/mol. The van der Waals surface area contributed by atoms with Gasteiger partial charge in [0.1, 0.15) is 24.2 Å². The maximum Gasteiger partial charge on any atom is 0.326 e. The smallest absolute Gasteiger partial charge is 0.326 e. The first-order valence-electron chi connectivity index (χ1n) is 10.3. The number of thioether (sulfide) groups is 1. The van der Waals surface area contributed by atoms with Crippen molar-refractivity contribution in [1.82, 2.24) is 16.0 Å². The largest absolute Gasteiger partial charge is 0.480 e. The minimum atomic E-state index is -1.46. The van der Waals surface area contributed by atoms with E-state index in [9.17, 15) is 29.4 Å². The van der Waals surface area contributed by atoms with Crippen molar-refractivity contribution in [3.63, 3.8) is 0 Å². The fourth-order valence-electron chi connectivity index (χ4n) is 2.84. The Bertz CT molecular complexity index is 794. The summed E-state index contributed by atoms with van der Waals surface area (Å²) in [6, 6.07) is 3.63. The molecule has 12 heteroatoms. The molecule has 0 aliphatic carbocycles. The minimum Gasteiger partial charge on any atom is -0.480 e. The van der Waals surface area contributed by atoms with E-state index in [4.69, 9.17) is 10.8 Å². The molecule has 0 fully saturated rings. The highest BCUT2D eigenvalue weighted by Crippen LogP contribution is 2.06. The first-order valence-corrected chi connectivity index (χ1v) is 11.7. The van der Waals surface area contributed by atoms with Crippen molar-refractivity contribution < 1.29 is 34.5 Å². The summed E-state index contributed by atoms with van der Waals surface area (Å²) in [6.45, 7) is 0.661. The van der Waals surface area contributed by atoms with Crippen LogP contribution in [0.3, 0.4) is 0 Å². The molecule has 0 heterocycles. The Balaban J connectivity index is 2.92. The molecule has 33 heavy (non-hydrogen) atoms. The van der Waals surface area contributed by atoms with E-state index < -0.39 is 60.6 Å². The molecular formula is C21H32N4O7S. The molecule has 0 saturated heterocycles. The number of rotatable bonds is 14. The number of aliphatic hydroxyl groups is 2. The van der Waals surface area contributed by atoms with E-state index in [1.807, 2.05) is 0 Å². The molecule has 5 atom stereocenters. The van der Waals surface area contributed by atoms with Gasteiger partial charge in [0.25, 0.3) is 0 Å². The maximum absolute atomic E-state index is 12.8. The Morgan fingerprint density at radius 1 is 1.00 bits per heavy atom. The van der Waals surface area contributed by atoms with Gasteiger partial charge in [0, 0.05) is 6.42 Å². The second kappa shape index (κ2) is 14.5. The van der Waals surface area contributed by atoms with Crippen LogP contribution in [0.1, 0.15) is 18.9 Å². The van der Waals surface area contributed by atoms with Gasteiger partial charge in [-0.05, 0) is 30.9 Å². The zero-order valence-corrected chi connectivity index (χ0v) is 19.4. The van der Waals surface area contributed by atoms with Crippen molar-refractivity contribution in [2.75, 3.05) is 18.6 Å². The van der Waals surface area contributed by atoms with Gasteiger partial charge in [-0.3, -0.25) is 14.4 Å². The molecule has 3 amide bonds. The van der Waals surface area contributed by atoms with Crippen LogP contribution in [0, 0.1) is 0 Å². The number of benzene rings is 1. The molecule has 0 saturated carbocycles. The fraction of sp³-hybridized carbons (Fsp3) is 0.524. The standard InChI is InChI=1S/C21H32N4O7S/c1-12(27)17(20(30)24-16(21(31)32)10-13-6-4-3-5-7-13)25-19(29)15(8-9-33-2)23-18(28)14(22)11-26/h3-7,12,14-17,26-27H,8-11,22H2,1-2H3,(H,23,28)(H,24,30)(H,25,29)(H,31,32). The summed E-state index contributed by atoms with van der Waals surface area (Å²) in [5.41, 5.74) is 6.16. The van der Waals surface area contributed by atoms with Crippen molar-refractivity contribution >= 4 is 35.5 Å². The summed E-state index contributed by atoms with van der Waals surface area (Å²) in [5.74, 6) is -3.16. The number of aliphatic hydroxyl groups excluding tert-OH is 2. The number of carboxylic acids is 1. The summed E-state index contributed by atoms with van der Waals surface area (Å²) in [6.07, 6.45) is 0.669. The third-order valence-corrected chi connectivity index (χ3v) is 5.38. The SMILES string of the molecule is CSCCC(NC(=O)C(N)CO)C(=O)NC(C(=O)NC(Cc1ccccc1)C(=O)O)C(C)O. The average Bonchev–Trinajstić information content (AvgIpc) is 2.78. The van der Waals surface area contributed by atoms with Crippen LogP contribution in [0.25, 0.3) is 0 Å². The number of amides is 3. The normalized spacial score (nSPS) is 15.4. The van der Waals surface area contributed by atoms with E-state index >= 15 is 0 Å². The lowest BCUT2D eigenvalue weighted by atomic mass is 10.0. The molecule has 1 aromatic rings. The van der Waals surface area contributed by atoms with Crippen molar-refractivity contribution in [2.24, 2.45) is 5.73 Å². The lowest BCUT2D eigenvalue weighted by molar-refractivity contribution is -0.143. The Morgan fingerprint density at radius 3 is 2.12 bits per heavy atom. The van der Waals surface area contributed by atoms with Crippen molar-refractivity contribution in [1.29, 1.82) is 0 Å². The van der Waals surface area contributed by atoms with Crippen LogP contribution in [0.4, 0.5) is 0 Å². The van der Waals surface area contributed by atoms with Gasteiger partial charge >= 0.3 is 5.97 Å². The Labute approximate surface area is 196 Å². The lowest BCUT2D eigenvalue weighted by Gasteiger charge is -2.26. The van der Waals surface area contributed by atoms with E-state index in [1.54, 1.807) is 36.6 Å². The predicted molar refractivity (Wildman–Crippen MR) is 123 cm³/mol. The van der Waals surface area contributed by atoms with Gasteiger partial charge in [-0.1, -0.05) is 30.3 Å². The number of hydrogen-bond acceptors (Lipinski definition) is 8. The summed E-state index contributed by atoms with van der Waals surface area (Å²) < 4.78 is 0. The zero-order valence-electron chi connectivity index (χ0n) is 18.6. The Kier molecular flexibility index (Phi) is 12.4. The maximum atomic E-state index is 12.8. The predicted octanol–water partition coefficient (Wildman–Crippen LogP) is -1.78. The van der Waals surface area contributed by atoms with E-state index in [-0.39, 0.29) is 12.8 Å². The summed E-state index contributed by atoms with van der Waals surface area (Å²) in [5, 5.41) is 35.7. The highest BCUT2D eigenvalue weighted by atomic mass is 32.2. The van der Waals surface area contributed by atoms with E-state index in [2.05, 4.69) is 16.0 Å². The fourth-order valence-corrected chi connectivity index (χ4v) is 3.31. The topological polar surface area (TPSA) is 191 Å². The number of nitrogens with two attached hydrogens (primary N) is 1. The molecule has 1 rings (SSSR count). The number of nitrogens with one attached hydrogen (secondary N) is 3. The minimum absolute atomic E-state index is 0.00778. The van der Waals surface area contributed by atoms with Crippen molar-refractivity contribution in [2.45, 2.75) is 50.0 Å². The molecule has 8 N–H and O–H groups in total. The van der Waals surface area contributed by atoms with Gasteiger partial charge < -0.3 is 37.0 Å². The number of carboxylic acid groups (broad SMARTS) is 1. The number of carbonyl (C=O) groups is 4. The van der Waals surface area contributed by atoms with Gasteiger partial charge in [-0.2, -0.15) is 11.8 Å². The van der Waals surface area contributed by atoms with E-state index in [0.29, 0.717) is 11.3 Å². The monoisotopic (exact) mass is 484 g/mol. The van der Waals surface area contributed by atoms with Gasteiger partial charge in [0.15, 0.2) is 0 Å². The molecule has 1 aromatic carbocycles. The highest BCUT2D eigenvalue weighted by molar-refractivity contribution is 7.98. The van der Waals surface area contributed by atoms with Gasteiger partial charge in [0.2, 0.25) is 17.7 Å². The molecule has 184 valence electrons. The van der Waals surface area contributed by atoms with Crippen molar-refractivity contribution in [3.8, 4) is 0 Å². The van der Waals surface area contributed by atoms with E-state index in [1.165, 1.54) is 18.7 Å². The van der Waals surface area contributed by atoms with Crippen LogP contribution in [0.15, 0.2) is 30.3 Å². The molecule has 0 spiro atoms. The molecule has 0 aliphatic heterocycles. The van der Waals surface area contributed by atoms with Crippen LogP contribution < -0.4 is 21.7 Å². The highest BCUT2D eigenvalue weighted by Gasteiger charge is 2.32. The molecule has 0 aromatic heterocycles. The first-order chi connectivity index (χ1) is 15.6.